The first-order chi connectivity index (χ1) is 12.4. The molecule has 132 valence electrons. The minimum absolute atomic E-state index is 0.211. The number of anilines is 2. The van der Waals surface area contributed by atoms with Gasteiger partial charge in [0.05, 0.1) is 16.8 Å². The Morgan fingerprint density at radius 3 is 2.46 bits per heavy atom. The lowest BCUT2D eigenvalue weighted by atomic mass is 10.1. The van der Waals surface area contributed by atoms with Gasteiger partial charge in [0, 0.05) is 11.4 Å². The van der Waals surface area contributed by atoms with Gasteiger partial charge in [-0.3, -0.25) is 9.59 Å². The first-order valence-corrected chi connectivity index (χ1v) is 8.35. The molecule has 1 aromatic heterocycles. The smallest absolute Gasteiger partial charge is 0.291 e. The number of hydrogen-bond donors (Lipinski definition) is 2. The number of nitrogens with one attached hydrogen (secondary N) is 2. The average molecular weight is 369 g/mol. The number of hydrogen-bond acceptors (Lipinski definition) is 3. The van der Waals surface area contributed by atoms with Crippen LogP contribution in [0.2, 0.25) is 5.02 Å². The second-order valence-corrected chi connectivity index (χ2v) is 6.31. The number of benzene rings is 2. The average Bonchev–Trinajstić information content (AvgIpc) is 3.12. The van der Waals surface area contributed by atoms with Crippen LogP contribution >= 0.6 is 11.6 Å². The van der Waals surface area contributed by atoms with Crippen LogP contribution in [0, 0.1) is 13.8 Å². The van der Waals surface area contributed by atoms with Crippen molar-refractivity contribution >= 4 is 34.8 Å². The van der Waals surface area contributed by atoms with Gasteiger partial charge in [-0.05, 0) is 61.4 Å². The molecule has 2 N–H and O–H groups in total. The Labute approximate surface area is 156 Å². The Balaban J connectivity index is 1.79. The summed E-state index contributed by atoms with van der Waals surface area (Å²) in [5.74, 6) is -0.465. The molecule has 6 heteroatoms. The van der Waals surface area contributed by atoms with Crippen LogP contribution in [0.5, 0.6) is 0 Å². The Kier molecular flexibility index (Phi) is 5.09. The summed E-state index contributed by atoms with van der Waals surface area (Å²) < 4.78 is 5.07. The predicted octanol–water partition coefficient (Wildman–Crippen LogP) is 5.05. The van der Waals surface area contributed by atoms with Crippen molar-refractivity contribution in [1.29, 1.82) is 0 Å². The van der Waals surface area contributed by atoms with Crippen molar-refractivity contribution in [2.24, 2.45) is 0 Å². The van der Waals surface area contributed by atoms with Crippen LogP contribution in [0.4, 0.5) is 11.4 Å². The van der Waals surface area contributed by atoms with E-state index in [0.717, 1.165) is 11.1 Å². The Morgan fingerprint density at radius 1 is 0.962 bits per heavy atom. The third kappa shape index (κ3) is 3.95. The molecule has 0 radical (unpaired) electrons. The first kappa shape index (κ1) is 17.8. The van der Waals surface area contributed by atoms with Crippen LogP contribution in [-0.4, -0.2) is 11.8 Å². The van der Waals surface area contributed by atoms with E-state index in [9.17, 15) is 9.59 Å². The van der Waals surface area contributed by atoms with E-state index in [1.165, 1.54) is 6.26 Å². The van der Waals surface area contributed by atoms with Gasteiger partial charge in [0.1, 0.15) is 0 Å². The number of carbonyl (C=O) groups is 2. The summed E-state index contributed by atoms with van der Waals surface area (Å²) in [6.07, 6.45) is 1.43. The highest BCUT2D eigenvalue weighted by Crippen LogP contribution is 2.24. The fourth-order valence-corrected chi connectivity index (χ4v) is 2.75. The molecule has 2 aromatic carbocycles. The lowest BCUT2D eigenvalue weighted by Gasteiger charge is -2.12. The van der Waals surface area contributed by atoms with Crippen LogP contribution in [0.3, 0.4) is 0 Å². The zero-order chi connectivity index (χ0) is 18.7. The highest BCUT2D eigenvalue weighted by molar-refractivity contribution is 6.34. The van der Waals surface area contributed by atoms with E-state index < -0.39 is 0 Å². The molecule has 5 nitrogen and oxygen atoms in total. The molecular formula is C20H17ClN2O3. The second kappa shape index (κ2) is 7.45. The van der Waals surface area contributed by atoms with E-state index >= 15 is 0 Å². The van der Waals surface area contributed by atoms with Gasteiger partial charge in [-0.15, -0.1) is 0 Å². The minimum atomic E-state index is -0.363. The predicted molar refractivity (Wildman–Crippen MR) is 102 cm³/mol. The number of halogens is 1. The van der Waals surface area contributed by atoms with E-state index in [-0.39, 0.29) is 17.6 Å². The van der Waals surface area contributed by atoms with E-state index in [1.807, 2.05) is 26.0 Å². The quantitative estimate of drug-likeness (QED) is 0.676. The molecule has 0 saturated carbocycles. The minimum Gasteiger partial charge on any atom is -0.459 e. The summed E-state index contributed by atoms with van der Waals surface area (Å²) in [5.41, 5.74) is 3.36. The maximum absolute atomic E-state index is 12.5. The monoisotopic (exact) mass is 368 g/mol. The molecule has 0 spiro atoms. The molecule has 0 aliphatic heterocycles. The summed E-state index contributed by atoms with van der Waals surface area (Å²) in [5, 5.41) is 5.96. The lowest BCUT2D eigenvalue weighted by Crippen LogP contribution is -2.15. The third-order valence-electron chi connectivity index (χ3n) is 3.86. The molecule has 1 heterocycles. The topological polar surface area (TPSA) is 71.3 Å². The van der Waals surface area contributed by atoms with Crippen molar-refractivity contribution in [3.05, 3.63) is 82.3 Å². The van der Waals surface area contributed by atoms with Gasteiger partial charge in [0.25, 0.3) is 11.8 Å². The van der Waals surface area contributed by atoms with Crippen LogP contribution in [0.25, 0.3) is 0 Å². The summed E-state index contributed by atoms with van der Waals surface area (Å²) in [7, 11) is 0. The highest BCUT2D eigenvalue weighted by Gasteiger charge is 2.13. The van der Waals surface area contributed by atoms with Crippen molar-refractivity contribution in [3.63, 3.8) is 0 Å². The van der Waals surface area contributed by atoms with Crippen LogP contribution in [0.1, 0.15) is 32.0 Å². The van der Waals surface area contributed by atoms with Gasteiger partial charge in [-0.1, -0.05) is 23.7 Å². The number of furan rings is 1. The maximum Gasteiger partial charge on any atom is 0.291 e. The number of carbonyl (C=O) groups excluding carboxylic acids is 2. The van der Waals surface area contributed by atoms with E-state index in [0.29, 0.717) is 22.0 Å². The molecule has 0 unspecified atom stereocenters. The van der Waals surface area contributed by atoms with Gasteiger partial charge in [-0.25, -0.2) is 0 Å². The molecule has 3 aromatic rings. The van der Waals surface area contributed by atoms with Gasteiger partial charge in [0.2, 0.25) is 0 Å². The van der Waals surface area contributed by atoms with Crippen LogP contribution < -0.4 is 10.6 Å². The Hall–Kier alpha value is -3.05. The number of rotatable bonds is 4. The number of aryl methyl sites for hydroxylation is 2. The Bertz CT molecular complexity index is 965. The summed E-state index contributed by atoms with van der Waals surface area (Å²) in [6.45, 7) is 3.77. The van der Waals surface area contributed by atoms with Gasteiger partial charge < -0.3 is 15.1 Å². The van der Waals surface area contributed by atoms with Gasteiger partial charge >= 0.3 is 0 Å². The molecule has 0 fully saturated rings. The van der Waals surface area contributed by atoms with Crippen molar-refractivity contribution in [3.8, 4) is 0 Å². The van der Waals surface area contributed by atoms with E-state index in [4.69, 9.17) is 16.0 Å². The van der Waals surface area contributed by atoms with Crippen molar-refractivity contribution in [1.82, 2.24) is 0 Å². The molecule has 0 bridgehead atoms. The zero-order valence-corrected chi connectivity index (χ0v) is 15.1. The molecule has 26 heavy (non-hydrogen) atoms. The van der Waals surface area contributed by atoms with Crippen LogP contribution in [-0.2, 0) is 0 Å². The van der Waals surface area contributed by atoms with Crippen molar-refractivity contribution in [2.45, 2.75) is 13.8 Å². The van der Waals surface area contributed by atoms with Gasteiger partial charge in [-0.2, -0.15) is 0 Å². The molecule has 0 saturated heterocycles. The normalized spacial score (nSPS) is 10.4. The fraction of sp³-hybridized carbons (Fsp3) is 0.100. The molecule has 2 amide bonds. The zero-order valence-electron chi connectivity index (χ0n) is 14.3. The van der Waals surface area contributed by atoms with Crippen molar-refractivity contribution < 1.29 is 14.0 Å². The summed E-state index contributed by atoms with van der Waals surface area (Å²) in [4.78, 5) is 24.6. The second-order valence-electron chi connectivity index (χ2n) is 5.90. The number of amides is 2. The van der Waals surface area contributed by atoms with Crippen LogP contribution in [0.15, 0.2) is 59.2 Å². The molecule has 0 aliphatic rings. The summed E-state index contributed by atoms with van der Waals surface area (Å²) in [6, 6.07) is 13.7. The third-order valence-corrected chi connectivity index (χ3v) is 4.17. The Morgan fingerprint density at radius 2 is 1.77 bits per heavy atom. The molecule has 3 rings (SSSR count). The maximum atomic E-state index is 12.5. The lowest BCUT2D eigenvalue weighted by molar-refractivity contribution is 0.0995. The summed E-state index contributed by atoms with van der Waals surface area (Å²) >= 11 is 6.16. The SMILES string of the molecule is Cc1ccc(C(=O)Nc2cc(NC(=O)c3ccco3)ccc2C)c(Cl)c1. The van der Waals surface area contributed by atoms with Crippen molar-refractivity contribution in [2.75, 3.05) is 10.6 Å². The molecular weight excluding hydrogens is 352 g/mol. The fourth-order valence-electron chi connectivity index (χ4n) is 2.43. The molecule has 0 atom stereocenters. The highest BCUT2D eigenvalue weighted by atomic mass is 35.5. The van der Waals surface area contributed by atoms with E-state index in [2.05, 4.69) is 10.6 Å². The standard InChI is InChI=1S/C20H17ClN2O3/c1-12-5-8-15(16(21)10-12)19(24)23-17-11-14(7-6-13(17)2)22-20(25)18-4-3-9-26-18/h3-11H,1-2H3,(H,22,25)(H,23,24). The molecule has 0 aliphatic carbocycles. The largest absolute Gasteiger partial charge is 0.459 e. The van der Waals surface area contributed by atoms with Gasteiger partial charge in [0.15, 0.2) is 5.76 Å². The van der Waals surface area contributed by atoms with E-state index in [1.54, 1.807) is 36.4 Å². The first-order valence-electron chi connectivity index (χ1n) is 7.97.